The van der Waals surface area contributed by atoms with Crippen molar-refractivity contribution in [3.8, 4) is 0 Å². The summed E-state index contributed by atoms with van der Waals surface area (Å²) in [7, 11) is 0. The van der Waals surface area contributed by atoms with Crippen LogP contribution in [0.15, 0.2) is 59.7 Å². The van der Waals surface area contributed by atoms with E-state index in [4.69, 9.17) is 4.42 Å². The predicted molar refractivity (Wildman–Crippen MR) is 102 cm³/mol. The Morgan fingerprint density at radius 2 is 2.04 bits per heavy atom. The predicted octanol–water partition coefficient (Wildman–Crippen LogP) is 2.41. The van der Waals surface area contributed by atoms with E-state index in [2.05, 4.69) is 15.4 Å². The van der Waals surface area contributed by atoms with Crippen LogP contribution in [0.4, 0.5) is 5.82 Å². The average molecular weight is 379 g/mol. The standard InChI is InChI=1S/C20H21N5O3/c26-19(15-4-9-24(10-5-15)20(27)16-7-12-28-14-16)22-18-6-11-25(23-18)13-17-3-1-2-8-21-17/h1-3,6-8,11-12,14-15H,4-5,9-10,13H2,(H,22,23,26). The van der Waals surface area contributed by atoms with E-state index in [1.807, 2.05) is 24.4 Å². The van der Waals surface area contributed by atoms with Crippen molar-refractivity contribution in [1.82, 2.24) is 19.7 Å². The molecule has 3 aromatic heterocycles. The van der Waals surface area contributed by atoms with E-state index in [0.29, 0.717) is 43.9 Å². The molecule has 0 unspecified atom stereocenters. The van der Waals surface area contributed by atoms with Crippen molar-refractivity contribution in [1.29, 1.82) is 0 Å². The molecule has 1 saturated heterocycles. The molecule has 0 aromatic carbocycles. The quantitative estimate of drug-likeness (QED) is 0.735. The molecule has 144 valence electrons. The van der Waals surface area contributed by atoms with Crippen LogP contribution in [0.5, 0.6) is 0 Å². The van der Waals surface area contributed by atoms with Crippen molar-refractivity contribution in [3.63, 3.8) is 0 Å². The van der Waals surface area contributed by atoms with Crippen LogP contribution >= 0.6 is 0 Å². The summed E-state index contributed by atoms with van der Waals surface area (Å²) in [5, 5.41) is 7.27. The molecular weight excluding hydrogens is 358 g/mol. The number of aromatic nitrogens is 3. The van der Waals surface area contributed by atoms with Gasteiger partial charge in [0, 0.05) is 37.5 Å². The Morgan fingerprint density at radius 3 is 2.75 bits per heavy atom. The lowest BCUT2D eigenvalue weighted by molar-refractivity contribution is -0.121. The highest BCUT2D eigenvalue weighted by atomic mass is 16.3. The summed E-state index contributed by atoms with van der Waals surface area (Å²) in [6.07, 6.45) is 7.75. The second-order valence-corrected chi connectivity index (χ2v) is 6.79. The van der Waals surface area contributed by atoms with Gasteiger partial charge >= 0.3 is 0 Å². The molecule has 4 rings (SSSR count). The highest BCUT2D eigenvalue weighted by Gasteiger charge is 2.28. The molecule has 1 aliphatic rings. The highest BCUT2D eigenvalue weighted by Crippen LogP contribution is 2.21. The number of nitrogens with one attached hydrogen (secondary N) is 1. The molecule has 8 nitrogen and oxygen atoms in total. The van der Waals surface area contributed by atoms with Gasteiger partial charge in [-0.15, -0.1) is 0 Å². The Kier molecular flexibility index (Phi) is 5.18. The maximum absolute atomic E-state index is 12.5. The number of furan rings is 1. The van der Waals surface area contributed by atoms with Gasteiger partial charge in [-0.1, -0.05) is 6.07 Å². The molecular formula is C20H21N5O3. The first-order chi connectivity index (χ1) is 13.7. The minimum atomic E-state index is -0.130. The van der Waals surface area contributed by atoms with E-state index in [1.165, 1.54) is 12.5 Å². The minimum absolute atomic E-state index is 0.0547. The first-order valence-electron chi connectivity index (χ1n) is 9.25. The lowest BCUT2D eigenvalue weighted by atomic mass is 9.95. The Balaban J connectivity index is 1.28. The third kappa shape index (κ3) is 4.11. The number of carbonyl (C=O) groups excluding carboxylic acids is 2. The zero-order valence-corrected chi connectivity index (χ0v) is 15.3. The zero-order chi connectivity index (χ0) is 19.3. The van der Waals surface area contributed by atoms with Gasteiger partial charge in [0.25, 0.3) is 5.91 Å². The number of pyridine rings is 1. The first-order valence-corrected chi connectivity index (χ1v) is 9.25. The minimum Gasteiger partial charge on any atom is -0.472 e. The van der Waals surface area contributed by atoms with Crippen LogP contribution in [0.3, 0.4) is 0 Å². The fourth-order valence-electron chi connectivity index (χ4n) is 3.32. The molecule has 1 N–H and O–H groups in total. The van der Waals surface area contributed by atoms with Gasteiger partial charge in [-0.25, -0.2) is 0 Å². The summed E-state index contributed by atoms with van der Waals surface area (Å²) >= 11 is 0. The molecule has 3 aromatic rings. The lowest BCUT2D eigenvalue weighted by Crippen LogP contribution is -2.41. The van der Waals surface area contributed by atoms with Gasteiger partial charge in [-0.2, -0.15) is 5.10 Å². The first kappa shape index (κ1) is 18.0. The van der Waals surface area contributed by atoms with Crippen molar-refractivity contribution >= 4 is 17.6 Å². The SMILES string of the molecule is O=C(Nc1ccn(Cc2ccccn2)n1)C1CCN(C(=O)c2ccoc2)CC1. The average Bonchev–Trinajstić information content (AvgIpc) is 3.41. The summed E-state index contributed by atoms with van der Waals surface area (Å²) in [5.74, 6) is 0.284. The molecule has 0 saturated carbocycles. The molecule has 0 radical (unpaired) electrons. The molecule has 1 fully saturated rings. The van der Waals surface area contributed by atoms with Gasteiger partial charge in [0.2, 0.25) is 5.91 Å². The lowest BCUT2D eigenvalue weighted by Gasteiger charge is -2.30. The van der Waals surface area contributed by atoms with Gasteiger partial charge in [-0.05, 0) is 31.0 Å². The number of carbonyl (C=O) groups is 2. The van der Waals surface area contributed by atoms with Crippen LogP contribution in [0, 0.1) is 5.92 Å². The third-order valence-electron chi connectivity index (χ3n) is 4.86. The number of likely N-dealkylation sites (tertiary alicyclic amines) is 1. The van der Waals surface area contributed by atoms with Crippen molar-refractivity contribution < 1.29 is 14.0 Å². The van der Waals surface area contributed by atoms with E-state index < -0.39 is 0 Å². The Labute approximate surface area is 162 Å². The largest absolute Gasteiger partial charge is 0.472 e. The second-order valence-electron chi connectivity index (χ2n) is 6.79. The summed E-state index contributed by atoms with van der Waals surface area (Å²) in [6.45, 7) is 1.65. The normalized spacial score (nSPS) is 14.8. The maximum atomic E-state index is 12.5. The molecule has 0 atom stereocenters. The molecule has 8 heteroatoms. The van der Waals surface area contributed by atoms with Crippen LogP contribution in [0.25, 0.3) is 0 Å². The van der Waals surface area contributed by atoms with Crippen LogP contribution < -0.4 is 5.32 Å². The maximum Gasteiger partial charge on any atom is 0.257 e. The van der Waals surface area contributed by atoms with Gasteiger partial charge < -0.3 is 14.6 Å². The topological polar surface area (TPSA) is 93.3 Å². The second kappa shape index (κ2) is 8.08. The van der Waals surface area contributed by atoms with Gasteiger partial charge in [0.1, 0.15) is 6.26 Å². The molecule has 0 spiro atoms. The molecule has 4 heterocycles. The summed E-state index contributed by atoms with van der Waals surface area (Å²) in [6, 6.07) is 9.16. The summed E-state index contributed by atoms with van der Waals surface area (Å²) in [5.41, 5.74) is 1.44. The fourth-order valence-corrected chi connectivity index (χ4v) is 3.32. The number of amides is 2. The fraction of sp³-hybridized carbons (Fsp3) is 0.300. The van der Waals surface area contributed by atoms with Crippen LogP contribution in [-0.2, 0) is 11.3 Å². The number of nitrogens with zero attached hydrogens (tertiary/aromatic N) is 4. The van der Waals surface area contributed by atoms with Crippen LogP contribution in [-0.4, -0.2) is 44.6 Å². The van der Waals surface area contributed by atoms with Crippen molar-refractivity contribution in [3.05, 3.63) is 66.5 Å². The van der Waals surface area contributed by atoms with Crippen LogP contribution in [0.1, 0.15) is 28.9 Å². The monoisotopic (exact) mass is 379 g/mol. The smallest absolute Gasteiger partial charge is 0.257 e. The molecule has 1 aliphatic heterocycles. The number of hydrogen-bond acceptors (Lipinski definition) is 5. The van der Waals surface area contributed by atoms with E-state index in [1.54, 1.807) is 27.9 Å². The van der Waals surface area contributed by atoms with E-state index in [-0.39, 0.29) is 17.7 Å². The molecule has 2 amide bonds. The summed E-state index contributed by atoms with van der Waals surface area (Å²) in [4.78, 5) is 30.9. The van der Waals surface area contributed by atoms with Gasteiger partial charge in [0.05, 0.1) is 24.1 Å². The van der Waals surface area contributed by atoms with Gasteiger partial charge in [0.15, 0.2) is 5.82 Å². The summed E-state index contributed by atoms with van der Waals surface area (Å²) < 4.78 is 6.71. The number of piperidine rings is 1. The third-order valence-corrected chi connectivity index (χ3v) is 4.86. The highest BCUT2D eigenvalue weighted by molar-refractivity contribution is 5.94. The van der Waals surface area contributed by atoms with Crippen LogP contribution in [0.2, 0.25) is 0 Å². The molecule has 28 heavy (non-hydrogen) atoms. The Hall–Kier alpha value is -3.42. The zero-order valence-electron chi connectivity index (χ0n) is 15.3. The van der Waals surface area contributed by atoms with E-state index >= 15 is 0 Å². The number of hydrogen-bond donors (Lipinski definition) is 1. The number of rotatable bonds is 5. The van der Waals surface area contributed by atoms with Gasteiger partial charge in [-0.3, -0.25) is 19.3 Å². The van der Waals surface area contributed by atoms with Crippen molar-refractivity contribution in [2.45, 2.75) is 19.4 Å². The Bertz CT molecular complexity index is 928. The van der Waals surface area contributed by atoms with Crippen molar-refractivity contribution in [2.75, 3.05) is 18.4 Å². The molecule has 0 aliphatic carbocycles. The number of anilines is 1. The molecule has 0 bridgehead atoms. The van der Waals surface area contributed by atoms with E-state index in [0.717, 1.165) is 5.69 Å². The Morgan fingerprint density at radius 1 is 1.18 bits per heavy atom. The van der Waals surface area contributed by atoms with E-state index in [9.17, 15) is 9.59 Å². The van der Waals surface area contributed by atoms with Crippen molar-refractivity contribution in [2.24, 2.45) is 5.92 Å².